The Morgan fingerprint density at radius 2 is 2.07 bits per heavy atom. The molecule has 0 aromatic heterocycles. The first-order valence-electron chi connectivity index (χ1n) is 8.42. The molecule has 1 unspecified atom stereocenters. The van der Waals surface area contributed by atoms with Crippen molar-refractivity contribution in [3.8, 4) is 0 Å². The zero-order valence-corrected chi connectivity index (χ0v) is 16.9. The van der Waals surface area contributed by atoms with E-state index in [9.17, 15) is 23.3 Å². The molecule has 27 heavy (non-hydrogen) atoms. The summed E-state index contributed by atoms with van der Waals surface area (Å²) in [7, 11) is -3.93. The van der Waals surface area contributed by atoms with Gasteiger partial charge in [0.15, 0.2) is 0 Å². The van der Waals surface area contributed by atoms with Crippen LogP contribution in [0, 0.1) is 29.9 Å². The number of non-ortho nitro benzene ring substituents is 1. The van der Waals surface area contributed by atoms with Crippen LogP contribution in [0.15, 0.2) is 17.0 Å². The number of nitrogens with two attached hydrogens (primary N) is 1. The van der Waals surface area contributed by atoms with Crippen LogP contribution in [0.5, 0.6) is 0 Å². The number of halogens is 1. The number of amides is 1. The van der Waals surface area contributed by atoms with Crippen LogP contribution in [0.4, 0.5) is 5.69 Å². The van der Waals surface area contributed by atoms with Gasteiger partial charge < -0.3 is 11.1 Å². The maximum absolute atomic E-state index is 13.1. The summed E-state index contributed by atoms with van der Waals surface area (Å²) in [6, 6.07) is 2.45. The van der Waals surface area contributed by atoms with E-state index in [1.165, 1.54) is 10.4 Å². The molecule has 0 saturated carbocycles. The normalized spacial score (nSPS) is 17.8. The van der Waals surface area contributed by atoms with Crippen LogP contribution in [0.2, 0.25) is 0 Å². The SMILES string of the molecule is Cc1cc([N+](=O)[O-])cc(S(=O)(=O)N2CCCC(C(=O)NCCN)C2)c1C.Cl. The Bertz CT molecular complexity index is 815. The summed E-state index contributed by atoms with van der Waals surface area (Å²) in [5, 5.41) is 13.8. The lowest BCUT2D eigenvalue weighted by atomic mass is 9.99. The molecule has 1 amide bonds. The first-order chi connectivity index (χ1) is 12.2. The summed E-state index contributed by atoms with van der Waals surface area (Å²) >= 11 is 0. The molecule has 11 heteroatoms. The summed E-state index contributed by atoms with van der Waals surface area (Å²) < 4.78 is 27.4. The molecule has 1 heterocycles. The third-order valence-electron chi connectivity index (χ3n) is 4.63. The topological polar surface area (TPSA) is 136 Å². The van der Waals surface area contributed by atoms with E-state index in [1.54, 1.807) is 13.8 Å². The van der Waals surface area contributed by atoms with Crippen molar-refractivity contribution >= 4 is 34.0 Å². The van der Waals surface area contributed by atoms with Crippen molar-refractivity contribution in [2.45, 2.75) is 31.6 Å². The number of hydrogen-bond acceptors (Lipinski definition) is 6. The van der Waals surface area contributed by atoms with Crippen LogP contribution in [0.3, 0.4) is 0 Å². The number of nitro groups is 1. The van der Waals surface area contributed by atoms with Gasteiger partial charge in [0.2, 0.25) is 15.9 Å². The summed E-state index contributed by atoms with van der Waals surface area (Å²) in [6.45, 7) is 4.25. The van der Waals surface area contributed by atoms with E-state index in [0.717, 1.165) is 6.07 Å². The minimum absolute atomic E-state index is 0. The number of nitro benzene ring substituents is 1. The number of aryl methyl sites for hydroxylation is 1. The summed E-state index contributed by atoms with van der Waals surface area (Å²) in [5.74, 6) is -0.674. The zero-order chi connectivity index (χ0) is 19.5. The Hall–Kier alpha value is -1.75. The van der Waals surface area contributed by atoms with Crippen molar-refractivity contribution in [3.63, 3.8) is 0 Å². The van der Waals surface area contributed by atoms with Gasteiger partial charge in [0, 0.05) is 38.3 Å². The predicted molar refractivity (Wildman–Crippen MR) is 103 cm³/mol. The molecule has 1 fully saturated rings. The standard InChI is InChI=1S/C16H24N4O5S.ClH/c1-11-8-14(20(22)23)9-15(12(11)2)26(24,25)19-7-3-4-13(10-19)16(21)18-6-5-17;/h8-9,13H,3-7,10,17H2,1-2H3,(H,18,21);1H. The third kappa shape index (κ3) is 5.16. The van der Waals surface area contributed by atoms with Gasteiger partial charge in [-0.1, -0.05) is 0 Å². The maximum Gasteiger partial charge on any atom is 0.271 e. The third-order valence-corrected chi connectivity index (χ3v) is 6.62. The maximum atomic E-state index is 13.1. The van der Waals surface area contributed by atoms with Crippen molar-refractivity contribution in [2.24, 2.45) is 11.7 Å². The Morgan fingerprint density at radius 3 is 2.67 bits per heavy atom. The van der Waals surface area contributed by atoms with E-state index in [2.05, 4.69) is 5.32 Å². The van der Waals surface area contributed by atoms with Crippen molar-refractivity contribution < 1.29 is 18.1 Å². The Morgan fingerprint density at radius 1 is 1.41 bits per heavy atom. The van der Waals surface area contributed by atoms with Crippen LogP contribution in [0.25, 0.3) is 0 Å². The van der Waals surface area contributed by atoms with E-state index in [1.807, 2.05) is 0 Å². The second-order valence-corrected chi connectivity index (χ2v) is 8.33. The number of hydrogen-bond donors (Lipinski definition) is 2. The molecule has 1 saturated heterocycles. The molecule has 1 aromatic rings. The Balaban J connectivity index is 0.00000364. The van der Waals surface area contributed by atoms with E-state index < -0.39 is 20.9 Å². The number of benzene rings is 1. The number of rotatable bonds is 6. The molecule has 0 spiro atoms. The highest BCUT2D eigenvalue weighted by Crippen LogP contribution is 2.30. The van der Waals surface area contributed by atoms with Crippen LogP contribution in [0.1, 0.15) is 24.0 Å². The molecule has 152 valence electrons. The lowest BCUT2D eigenvalue weighted by Crippen LogP contribution is -2.46. The van der Waals surface area contributed by atoms with Gasteiger partial charge in [-0.25, -0.2) is 8.42 Å². The van der Waals surface area contributed by atoms with Crippen LogP contribution in [-0.4, -0.2) is 49.7 Å². The fourth-order valence-corrected chi connectivity index (χ4v) is 4.88. The lowest BCUT2D eigenvalue weighted by molar-refractivity contribution is -0.385. The second kappa shape index (κ2) is 9.45. The molecule has 0 bridgehead atoms. The molecule has 1 aromatic carbocycles. The highest BCUT2D eigenvalue weighted by atomic mass is 35.5. The minimum Gasteiger partial charge on any atom is -0.355 e. The van der Waals surface area contributed by atoms with Gasteiger partial charge >= 0.3 is 0 Å². The lowest BCUT2D eigenvalue weighted by Gasteiger charge is -2.31. The first kappa shape index (κ1) is 23.3. The number of sulfonamides is 1. The molecular formula is C16H25ClN4O5S. The molecule has 0 radical (unpaired) electrons. The average Bonchev–Trinajstić information content (AvgIpc) is 2.61. The van der Waals surface area contributed by atoms with E-state index in [-0.39, 0.29) is 42.0 Å². The van der Waals surface area contributed by atoms with Crippen LogP contribution in [-0.2, 0) is 14.8 Å². The van der Waals surface area contributed by atoms with Crippen molar-refractivity contribution in [1.82, 2.24) is 9.62 Å². The minimum atomic E-state index is -3.93. The predicted octanol–water partition coefficient (Wildman–Crippen LogP) is 1.11. The van der Waals surface area contributed by atoms with Gasteiger partial charge in [-0.3, -0.25) is 14.9 Å². The fourth-order valence-electron chi connectivity index (χ4n) is 3.04. The fraction of sp³-hybridized carbons (Fsp3) is 0.562. The van der Waals surface area contributed by atoms with E-state index >= 15 is 0 Å². The van der Waals surface area contributed by atoms with Gasteiger partial charge in [0.1, 0.15) is 0 Å². The van der Waals surface area contributed by atoms with Gasteiger partial charge in [0.25, 0.3) is 5.69 Å². The average molecular weight is 421 g/mol. The highest BCUT2D eigenvalue weighted by molar-refractivity contribution is 7.89. The van der Waals surface area contributed by atoms with E-state index in [4.69, 9.17) is 5.73 Å². The van der Waals surface area contributed by atoms with Crippen molar-refractivity contribution in [3.05, 3.63) is 33.4 Å². The van der Waals surface area contributed by atoms with Crippen LogP contribution >= 0.6 is 12.4 Å². The molecule has 1 aliphatic heterocycles. The number of carbonyl (C=O) groups excluding carboxylic acids is 1. The molecular weight excluding hydrogens is 396 g/mol. The first-order valence-corrected chi connectivity index (χ1v) is 9.86. The van der Waals surface area contributed by atoms with Crippen molar-refractivity contribution in [2.75, 3.05) is 26.2 Å². The molecule has 2 rings (SSSR count). The number of nitrogens with zero attached hydrogens (tertiary/aromatic N) is 2. The zero-order valence-electron chi connectivity index (χ0n) is 15.3. The van der Waals surface area contributed by atoms with Gasteiger partial charge in [-0.05, 0) is 37.8 Å². The molecule has 1 aliphatic rings. The molecule has 0 aliphatic carbocycles. The second-order valence-electron chi connectivity index (χ2n) is 6.42. The van der Waals surface area contributed by atoms with Crippen molar-refractivity contribution in [1.29, 1.82) is 0 Å². The number of nitrogens with one attached hydrogen (secondary N) is 1. The van der Waals surface area contributed by atoms with Gasteiger partial charge in [-0.2, -0.15) is 4.31 Å². The summed E-state index contributed by atoms with van der Waals surface area (Å²) in [6.07, 6.45) is 1.14. The monoisotopic (exact) mass is 420 g/mol. The summed E-state index contributed by atoms with van der Waals surface area (Å²) in [4.78, 5) is 22.6. The smallest absolute Gasteiger partial charge is 0.271 e. The highest BCUT2D eigenvalue weighted by Gasteiger charge is 2.35. The quantitative estimate of drug-likeness (QED) is 0.522. The van der Waals surface area contributed by atoms with E-state index in [0.29, 0.717) is 37.1 Å². The summed E-state index contributed by atoms with van der Waals surface area (Å²) in [5.41, 5.74) is 6.12. The van der Waals surface area contributed by atoms with Gasteiger partial charge in [-0.15, -0.1) is 12.4 Å². The molecule has 3 N–H and O–H groups in total. The van der Waals surface area contributed by atoms with Crippen LogP contribution < -0.4 is 11.1 Å². The number of carbonyl (C=O) groups is 1. The Kier molecular flexibility index (Phi) is 8.15. The molecule has 9 nitrogen and oxygen atoms in total. The largest absolute Gasteiger partial charge is 0.355 e. The number of piperidine rings is 1. The van der Waals surface area contributed by atoms with Gasteiger partial charge in [0.05, 0.1) is 15.7 Å². The Labute approximate surface area is 164 Å². The molecule has 1 atom stereocenters.